The highest BCUT2D eigenvalue weighted by molar-refractivity contribution is 6.39. The number of hydrogen-bond donors (Lipinski definition) is 2. The van der Waals surface area contributed by atoms with Crippen LogP contribution in [-0.2, 0) is 24.0 Å². The Kier molecular flexibility index (Phi) is 7.84. The summed E-state index contributed by atoms with van der Waals surface area (Å²) in [5.74, 6) is -1.05. The van der Waals surface area contributed by atoms with Gasteiger partial charge in [-0.1, -0.05) is 45.3 Å². The first kappa shape index (κ1) is 25.2. The number of hydrogen-bond acceptors (Lipinski definition) is 10. The zero-order chi connectivity index (χ0) is 25.7. The largest absolute Gasteiger partial charge is 0.461 e. The summed E-state index contributed by atoms with van der Waals surface area (Å²) >= 11 is 6.25. The lowest BCUT2D eigenvalue weighted by Crippen LogP contribution is -2.38. The SMILES string of the molecule is CCOC(=O)C1=NO[C@@H](CNC(=O)C2=NO[C@H](CNC(=O)c3c(-c4ccccc4Cl)noc3C)C2)C1. The van der Waals surface area contributed by atoms with Crippen molar-refractivity contribution in [3.8, 4) is 11.3 Å². The van der Waals surface area contributed by atoms with Gasteiger partial charge in [0.1, 0.15) is 22.7 Å². The van der Waals surface area contributed by atoms with Crippen LogP contribution in [0.25, 0.3) is 11.3 Å². The summed E-state index contributed by atoms with van der Waals surface area (Å²) in [7, 11) is 0. The van der Waals surface area contributed by atoms with Gasteiger partial charge in [0.05, 0.1) is 24.7 Å². The van der Waals surface area contributed by atoms with Crippen LogP contribution < -0.4 is 10.6 Å². The van der Waals surface area contributed by atoms with Crippen LogP contribution in [0.1, 0.15) is 35.9 Å². The molecule has 2 N–H and O–H groups in total. The van der Waals surface area contributed by atoms with Crippen LogP contribution in [-0.4, -0.2) is 66.3 Å². The number of amides is 2. The molecule has 1 aromatic carbocycles. The van der Waals surface area contributed by atoms with E-state index in [9.17, 15) is 14.4 Å². The molecular formula is C23H24ClN5O7. The Morgan fingerprint density at radius 1 is 1.03 bits per heavy atom. The van der Waals surface area contributed by atoms with Crippen molar-refractivity contribution in [2.24, 2.45) is 10.3 Å². The topological polar surface area (TPSA) is 154 Å². The summed E-state index contributed by atoms with van der Waals surface area (Å²) in [5.41, 5.74) is 1.53. The maximum Gasteiger partial charge on any atom is 0.356 e. The highest BCUT2D eigenvalue weighted by atomic mass is 35.5. The molecule has 0 saturated carbocycles. The molecule has 2 atom stereocenters. The number of aromatic nitrogens is 1. The van der Waals surface area contributed by atoms with E-state index in [1.807, 2.05) is 0 Å². The number of halogens is 1. The molecule has 2 aliphatic heterocycles. The highest BCUT2D eigenvalue weighted by Crippen LogP contribution is 2.31. The van der Waals surface area contributed by atoms with Crippen molar-refractivity contribution >= 4 is 40.8 Å². The van der Waals surface area contributed by atoms with E-state index >= 15 is 0 Å². The third-order valence-corrected chi connectivity index (χ3v) is 5.77. The van der Waals surface area contributed by atoms with Crippen LogP contribution in [0.5, 0.6) is 0 Å². The molecule has 0 radical (unpaired) electrons. The molecule has 12 nitrogen and oxygen atoms in total. The number of rotatable bonds is 9. The summed E-state index contributed by atoms with van der Waals surface area (Å²) in [5, 5.41) is 17.4. The van der Waals surface area contributed by atoms with Crippen molar-refractivity contribution in [1.29, 1.82) is 0 Å². The number of nitrogens with one attached hydrogen (secondary N) is 2. The van der Waals surface area contributed by atoms with Crippen LogP contribution in [0, 0.1) is 6.92 Å². The maximum absolute atomic E-state index is 12.9. The minimum atomic E-state index is -0.537. The van der Waals surface area contributed by atoms with Gasteiger partial charge in [0.15, 0.2) is 17.9 Å². The van der Waals surface area contributed by atoms with Crippen molar-refractivity contribution in [3.63, 3.8) is 0 Å². The van der Waals surface area contributed by atoms with Gasteiger partial charge >= 0.3 is 5.97 Å². The molecule has 2 aromatic rings. The number of carbonyl (C=O) groups excluding carboxylic acids is 3. The fraction of sp³-hybridized carbons (Fsp3) is 0.391. The lowest BCUT2D eigenvalue weighted by atomic mass is 10.1. The lowest BCUT2D eigenvalue weighted by Gasteiger charge is -2.11. The second-order valence-electron chi connectivity index (χ2n) is 8.02. The summed E-state index contributed by atoms with van der Waals surface area (Å²) < 4.78 is 10.1. The lowest BCUT2D eigenvalue weighted by molar-refractivity contribution is -0.135. The van der Waals surface area contributed by atoms with E-state index in [1.54, 1.807) is 38.1 Å². The monoisotopic (exact) mass is 517 g/mol. The number of esters is 1. The van der Waals surface area contributed by atoms with Crippen LogP contribution in [0.15, 0.2) is 39.1 Å². The average Bonchev–Trinajstić information content (AvgIpc) is 3.61. The van der Waals surface area contributed by atoms with Gasteiger partial charge in [-0.15, -0.1) is 0 Å². The van der Waals surface area contributed by atoms with Crippen LogP contribution in [0.4, 0.5) is 0 Å². The number of ether oxygens (including phenoxy) is 1. The van der Waals surface area contributed by atoms with E-state index in [-0.39, 0.29) is 49.5 Å². The molecule has 13 heteroatoms. The molecule has 4 rings (SSSR count). The van der Waals surface area contributed by atoms with Crippen molar-refractivity contribution in [2.45, 2.75) is 38.9 Å². The molecule has 2 aliphatic rings. The van der Waals surface area contributed by atoms with Crippen LogP contribution in [0.3, 0.4) is 0 Å². The Morgan fingerprint density at radius 3 is 2.36 bits per heavy atom. The molecule has 0 fully saturated rings. The fourth-order valence-electron chi connectivity index (χ4n) is 3.62. The molecule has 2 amide bonds. The van der Waals surface area contributed by atoms with Gasteiger partial charge in [-0.2, -0.15) is 0 Å². The minimum absolute atomic E-state index is 0.105. The Hall–Kier alpha value is -3.93. The Balaban J connectivity index is 1.24. The quantitative estimate of drug-likeness (QED) is 0.479. The summed E-state index contributed by atoms with van der Waals surface area (Å²) in [6.45, 7) is 3.80. The van der Waals surface area contributed by atoms with Crippen molar-refractivity contribution in [1.82, 2.24) is 15.8 Å². The predicted octanol–water partition coefficient (Wildman–Crippen LogP) is 2.00. The Morgan fingerprint density at radius 2 is 1.67 bits per heavy atom. The molecule has 190 valence electrons. The van der Waals surface area contributed by atoms with E-state index in [0.717, 1.165) is 0 Å². The van der Waals surface area contributed by atoms with Crippen molar-refractivity contribution in [2.75, 3.05) is 19.7 Å². The highest BCUT2D eigenvalue weighted by Gasteiger charge is 2.31. The zero-order valence-electron chi connectivity index (χ0n) is 19.6. The first-order chi connectivity index (χ1) is 17.4. The van der Waals surface area contributed by atoms with Gasteiger partial charge in [-0.3, -0.25) is 9.59 Å². The molecule has 0 saturated heterocycles. The van der Waals surface area contributed by atoms with E-state index in [1.165, 1.54) is 0 Å². The second kappa shape index (κ2) is 11.2. The fourth-order valence-corrected chi connectivity index (χ4v) is 3.85. The minimum Gasteiger partial charge on any atom is -0.461 e. The zero-order valence-corrected chi connectivity index (χ0v) is 20.3. The Labute approximate surface area is 210 Å². The van der Waals surface area contributed by atoms with Crippen LogP contribution >= 0.6 is 11.6 Å². The van der Waals surface area contributed by atoms with E-state index in [4.69, 9.17) is 30.5 Å². The Bertz CT molecular complexity index is 1230. The molecule has 0 bridgehead atoms. The first-order valence-corrected chi connectivity index (χ1v) is 11.6. The number of aryl methyl sites for hydroxylation is 1. The van der Waals surface area contributed by atoms with E-state index in [0.29, 0.717) is 22.0 Å². The molecule has 36 heavy (non-hydrogen) atoms. The van der Waals surface area contributed by atoms with Gasteiger partial charge in [-0.25, -0.2) is 4.79 Å². The molecule has 0 unspecified atom stereocenters. The number of nitrogens with zero attached hydrogens (tertiary/aromatic N) is 3. The van der Waals surface area contributed by atoms with Gasteiger partial charge in [0.25, 0.3) is 11.8 Å². The van der Waals surface area contributed by atoms with Gasteiger partial charge in [0, 0.05) is 18.4 Å². The van der Waals surface area contributed by atoms with Crippen molar-refractivity contribution in [3.05, 3.63) is 40.6 Å². The summed E-state index contributed by atoms with van der Waals surface area (Å²) in [4.78, 5) is 47.5. The normalized spacial score (nSPS) is 18.5. The smallest absolute Gasteiger partial charge is 0.356 e. The number of oxime groups is 2. The average molecular weight is 518 g/mol. The van der Waals surface area contributed by atoms with Gasteiger partial charge in [0.2, 0.25) is 0 Å². The van der Waals surface area contributed by atoms with Crippen molar-refractivity contribution < 1.29 is 33.3 Å². The molecule has 0 spiro atoms. The third-order valence-electron chi connectivity index (χ3n) is 5.44. The molecular weight excluding hydrogens is 494 g/mol. The standard InChI is InChI=1S/C23H24ClN5O7/c1-3-33-23(32)18-9-14(36-28-18)10-25-21(30)17-8-13(35-27-17)11-26-22(31)19-12(2)34-29-20(19)15-6-4-5-7-16(15)24/h4-7,13-14H,3,8-11H2,1-2H3,(H,25,30)(H,26,31)/t13-,14+/m0/s1. The number of benzene rings is 1. The summed E-state index contributed by atoms with van der Waals surface area (Å²) in [6, 6.07) is 7.01. The molecule has 1 aromatic heterocycles. The third kappa shape index (κ3) is 5.65. The van der Waals surface area contributed by atoms with Gasteiger partial charge in [-0.05, 0) is 19.9 Å². The van der Waals surface area contributed by atoms with E-state index in [2.05, 4.69) is 26.1 Å². The summed E-state index contributed by atoms with van der Waals surface area (Å²) in [6.07, 6.45) is -0.581. The first-order valence-electron chi connectivity index (χ1n) is 11.3. The number of carbonyl (C=O) groups is 3. The second-order valence-corrected chi connectivity index (χ2v) is 8.43. The van der Waals surface area contributed by atoms with Crippen LogP contribution in [0.2, 0.25) is 5.02 Å². The molecule has 3 heterocycles. The maximum atomic E-state index is 12.9. The van der Waals surface area contributed by atoms with E-state index < -0.39 is 30.0 Å². The van der Waals surface area contributed by atoms with Gasteiger partial charge < -0.3 is 29.6 Å². The predicted molar refractivity (Wildman–Crippen MR) is 128 cm³/mol. The molecule has 0 aliphatic carbocycles.